The zero-order valence-electron chi connectivity index (χ0n) is 8.48. The van der Waals surface area contributed by atoms with Gasteiger partial charge in [-0.15, -0.1) is 0 Å². The summed E-state index contributed by atoms with van der Waals surface area (Å²) in [5.74, 6) is -0.0561. The monoisotopic (exact) mass is 181 g/mol. The third-order valence-corrected chi connectivity index (χ3v) is 1.82. The highest BCUT2D eigenvalue weighted by Crippen LogP contribution is 2.06. The topological polar surface area (TPSA) is 38.1 Å². The predicted octanol–water partition coefficient (Wildman–Crippen LogP) is 1.17. The fourth-order valence-electron chi connectivity index (χ4n) is 0.959. The first-order valence-electron chi connectivity index (χ1n) is 4.27. The van der Waals surface area contributed by atoms with Crippen LogP contribution in [-0.4, -0.2) is 34.5 Å². The Balaban J connectivity index is 2.86. The molecule has 0 saturated carbocycles. The van der Waals surface area contributed by atoms with Crippen LogP contribution in [0.3, 0.4) is 0 Å². The molecule has 0 spiro atoms. The van der Waals surface area contributed by atoms with Crippen LogP contribution in [0.25, 0.3) is 0 Å². The van der Waals surface area contributed by atoms with Crippen molar-refractivity contribution in [2.45, 2.75) is 19.9 Å². The molecule has 0 aliphatic rings. The highest BCUT2D eigenvalue weighted by molar-refractivity contribution is 5.91. The summed E-state index contributed by atoms with van der Waals surface area (Å²) in [5, 5.41) is 0. The van der Waals surface area contributed by atoms with Crippen LogP contribution in [-0.2, 0) is 0 Å². The Bertz CT molecular complexity index is 302. The normalized spacial score (nSPS) is 10.5. The third-order valence-electron chi connectivity index (χ3n) is 1.82. The summed E-state index contributed by atoms with van der Waals surface area (Å²) in [6, 6.07) is 0.344. The van der Waals surface area contributed by atoms with Gasteiger partial charge >= 0.3 is 0 Å². The lowest BCUT2D eigenvalue weighted by molar-refractivity contribution is 0.0822. The molecule has 0 N–H and O–H groups in total. The molecule has 0 radical (unpaired) electrons. The van der Waals surface area contributed by atoms with Gasteiger partial charge in [-0.05, 0) is 13.8 Å². The van der Waals surface area contributed by atoms with Crippen molar-refractivity contribution in [1.82, 2.24) is 14.5 Å². The van der Waals surface area contributed by atoms with Crippen LogP contribution < -0.4 is 0 Å². The van der Waals surface area contributed by atoms with Gasteiger partial charge in [-0.1, -0.05) is 0 Å². The van der Waals surface area contributed by atoms with Gasteiger partial charge < -0.3 is 9.47 Å². The number of amides is 1. The molecule has 0 bridgehead atoms. The van der Waals surface area contributed by atoms with E-state index in [1.54, 1.807) is 26.6 Å². The van der Waals surface area contributed by atoms with E-state index in [9.17, 15) is 4.79 Å². The maximum absolute atomic E-state index is 11.4. The minimum absolute atomic E-state index is 0.0561. The summed E-state index contributed by atoms with van der Waals surface area (Å²) >= 11 is 0. The van der Waals surface area contributed by atoms with E-state index in [0.717, 1.165) is 0 Å². The molecule has 0 atom stereocenters. The zero-order chi connectivity index (χ0) is 10.0. The maximum atomic E-state index is 11.4. The Labute approximate surface area is 78.2 Å². The minimum Gasteiger partial charge on any atom is -0.343 e. The van der Waals surface area contributed by atoms with E-state index in [4.69, 9.17) is 0 Å². The fraction of sp³-hybridized carbons (Fsp3) is 0.556. The molecular formula is C9H15N3O. The minimum atomic E-state index is -0.0561. The Morgan fingerprint density at radius 3 is 2.54 bits per heavy atom. The van der Waals surface area contributed by atoms with Crippen molar-refractivity contribution in [3.63, 3.8) is 0 Å². The molecule has 1 aromatic heterocycles. The Kier molecular flexibility index (Phi) is 2.70. The quantitative estimate of drug-likeness (QED) is 0.686. The molecule has 0 saturated heterocycles. The largest absolute Gasteiger partial charge is 0.343 e. The van der Waals surface area contributed by atoms with Crippen LogP contribution in [0.5, 0.6) is 0 Å². The van der Waals surface area contributed by atoms with Crippen LogP contribution in [0.15, 0.2) is 12.5 Å². The average molecular weight is 181 g/mol. The molecule has 1 aromatic rings. The summed E-state index contributed by atoms with van der Waals surface area (Å²) in [5.41, 5.74) is 0.499. The number of nitrogens with zero attached hydrogens (tertiary/aromatic N) is 3. The van der Waals surface area contributed by atoms with Gasteiger partial charge in [0.2, 0.25) is 0 Å². The second kappa shape index (κ2) is 3.60. The van der Waals surface area contributed by atoms with Gasteiger partial charge in [0.05, 0.1) is 6.33 Å². The molecule has 0 aromatic carbocycles. The molecule has 72 valence electrons. The molecule has 1 amide bonds. The summed E-state index contributed by atoms with van der Waals surface area (Å²) in [6.45, 7) is 4.09. The van der Waals surface area contributed by atoms with Crippen LogP contribution >= 0.6 is 0 Å². The fourth-order valence-corrected chi connectivity index (χ4v) is 0.959. The van der Waals surface area contributed by atoms with Gasteiger partial charge in [-0.3, -0.25) is 4.79 Å². The van der Waals surface area contributed by atoms with E-state index in [2.05, 4.69) is 4.98 Å². The average Bonchev–Trinajstić information content (AvgIpc) is 2.50. The SMILES string of the molecule is CC(C)n1cnc(C(=O)N(C)C)c1. The van der Waals surface area contributed by atoms with Crippen molar-refractivity contribution in [2.75, 3.05) is 14.1 Å². The van der Waals surface area contributed by atoms with Crippen molar-refractivity contribution in [1.29, 1.82) is 0 Å². The number of carbonyl (C=O) groups is 1. The van der Waals surface area contributed by atoms with Crippen molar-refractivity contribution in [3.8, 4) is 0 Å². The highest BCUT2D eigenvalue weighted by atomic mass is 16.2. The molecule has 4 heteroatoms. The second-order valence-corrected chi connectivity index (χ2v) is 3.50. The van der Waals surface area contributed by atoms with Crippen molar-refractivity contribution in [2.24, 2.45) is 0 Å². The van der Waals surface area contributed by atoms with E-state index in [0.29, 0.717) is 11.7 Å². The Morgan fingerprint density at radius 1 is 1.54 bits per heavy atom. The summed E-state index contributed by atoms with van der Waals surface area (Å²) in [4.78, 5) is 17.0. The molecule has 0 aliphatic carbocycles. The summed E-state index contributed by atoms with van der Waals surface area (Å²) in [7, 11) is 3.44. The van der Waals surface area contributed by atoms with Crippen molar-refractivity contribution in [3.05, 3.63) is 18.2 Å². The molecule has 0 aliphatic heterocycles. The van der Waals surface area contributed by atoms with Gasteiger partial charge in [0.1, 0.15) is 5.69 Å². The second-order valence-electron chi connectivity index (χ2n) is 3.50. The maximum Gasteiger partial charge on any atom is 0.273 e. The number of hydrogen-bond donors (Lipinski definition) is 0. The molecule has 1 rings (SSSR count). The Hall–Kier alpha value is -1.32. The third kappa shape index (κ3) is 2.08. The van der Waals surface area contributed by atoms with Gasteiger partial charge in [0, 0.05) is 26.3 Å². The smallest absolute Gasteiger partial charge is 0.273 e. The number of carbonyl (C=O) groups excluding carboxylic acids is 1. The van der Waals surface area contributed by atoms with Crippen LogP contribution in [0.4, 0.5) is 0 Å². The molecular weight excluding hydrogens is 166 g/mol. The molecule has 4 nitrogen and oxygen atoms in total. The first kappa shape index (κ1) is 9.77. The number of rotatable bonds is 2. The number of imidazole rings is 1. The van der Waals surface area contributed by atoms with Crippen molar-refractivity contribution < 1.29 is 4.79 Å². The zero-order valence-corrected chi connectivity index (χ0v) is 8.48. The Morgan fingerprint density at radius 2 is 2.15 bits per heavy atom. The van der Waals surface area contributed by atoms with Crippen LogP contribution in [0.2, 0.25) is 0 Å². The van der Waals surface area contributed by atoms with E-state index >= 15 is 0 Å². The molecule has 0 fully saturated rings. The van der Waals surface area contributed by atoms with Gasteiger partial charge in [0.15, 0.2) is 0 Å². The number of hydrogen-bond acceptors (Lipinski definition) is 2. The lowest BCUT2D eigenvalue weighted by Crippen LogP contribution is -2.21. The van der Waals surface area contributed by atoms with Gasteiger partial charge in [-0.25, -0.2) is 4.98 Å². The molecule has 1 heterocycles. The molecule has 0 unspecified atom stereocenters. The van der Waals surface area contributed by atoms with E-state index in [-0.39, 0.29) is 5.91 Å². The van der Waals surface area contributed by atoms with E-state index in [1.165, 1.54) is 4.90 Å². The highest BCUT2D eigenvalue weighted by Gasteiger charge is 2.11. The van der Waals surface area contributed by atoms with Gasteiger partial charge in [-0.2, -0.15) is 0 Å². The van der Waals surface area contributed by atoms with E-state index < -0.39 is 0 Å². The van der Waals surface area contributed by atoms with Crippen LogP contribution in [0.1, 0.15) is 30.4 Å². The van der Waals surface area contributed by atoms with Crippen molar-refractivity contribution >= 4 is 5.91 Å². The lowest BCUT2D eigenvalue weighted by atomic mass is 10.4. The number of aromatic nitrogens is 2. The standard InChI is InChI=1S/C9H15N3O/c1-7(2)12-5-8(10-6-12)9(13)11(3)4/h5-7H,1-4H3. The molecule has 13 heavy (non-hydrogen) atoms. The lowest BCUT2D eigenvalue weighted by Gasteiger charge is -2.07. The van der Waals surface area contributed by atoms with Crippen LogP contribution in [0, 0.1) is 0 Å². The summed E-state index contributed by atoms with van der Waals surface area (Å²) in [6.07, 6.45) is 3.45. The van der Waals surface area contributed by atoms with Gasteiger partial charge in [0.25, 0.3) is 5.91 Å². The van der Waals surface area contributed by atoms with E-state index in [1.807, 2.05) is 18.4 Å². The summed E-state index contributed by atoms with van der Waals surface area (Å²) < 4.78 is 1.91. The predicted molar refractivity (Wildman–Crippen MR) is 50.6 cm³/mol. The first-order valence-corrected chi connectivity index (χ1v) is 4.27. The first-order chi connectivity index (χ1) is 6.02.